The third-order valence-corrected chi connectivity index (χ3v) is 3.78. The van der Waals surface area contributed by atoms with Crippen molar-refractivity contribution in [3.63, 3.8) is 0 Å². The first kappa shape index (κ1) is 14.3. The van der Waals surface area contributed by atoms with E-state index < -0.39 is 17.7 Å². The van der Waals surface area contributed by atoms with Crippen LogP contribution >= 0.6 is 15.9 Å². The van der Waals surface area contributed by atoms with Crippen LogP contribution in [0.2, 0.25) is 0 Å². The largest absolute Gasteiger partial charge is 0.486 e. The highest BCUT2D eigenvalue weighted by Crippen LogP contribution is 2.40. The number of rotatable bonds is 2. The van der Waals surface area contributed by atoms with Crippen molar-refractivity contribution in [2.75, 3.05) is 13.2 Å². The summed E-state index contributed by atoms with van der Waals surface area (Å²) >= 11 is 3.35. The normalized spacial score (nSPS) is 14.9. The van der Waals surface area contributed by atoms with Crippen molar-refractivity contribution >= 4 is 15.9 Å². The number of hydrogen-bond donors (Lipinski definition) is 1. The van der Waals surface area contributed by atoms with E-state index in [0.29, 0.717) is 34.7 Å². The second-order valence-corrected chi connectivity index (χ2v) is 5.46. The summed E-state index contributed by atoms with van der Waals surface area (Å²) in [5.41, 5.74) is 0.759. The fourth-order valence-corrected chi connectivity index (χ4v) is 2.74. The highest BCUT2D eigenvalue weighted by atomic mass is 79.9. The predicted octanol–water partition coefficient (Wildman–Crippen LogP) is 3.58. The van der Waals surface area contributed by atoms with Crippen LogP contribution in [0.4, 0.5) is 8.78 Å². The molecule has 0 aliphatic carbocycles. The lowest BCUT2D eigenvalue weighted by Crippen LogP contribution is -2.16. The molecule has 0 bridgehead atoms. The van der Waals surface area contributed by atoms with E-state index in [1.54, 1.807) is 12.1 Å². The minimum Gasteiger partial charge on any atom is -0.486 e. The highest BCUT2D eigenvalue weighted by Gasteiger charge is 2.20. The van der Waals surface area contributed by atoms with E-state index in [9.17, 15) is 13.9 Å². The van der Waals surface area contributed by atoms with E-state index >= 15 is 0 Å². The summed E-state index contributed by atoms with van der Waals surface area (Å²) < 4.78 is 37.8. The molecule has 1 N–H and O–H groups in total. The summed E-state index contributed by atoms with van der Waals surface area (Å²) in [5, 5.41) is 10.3. The predicted molar refractivity (Wildman–Crippen MR) is 75.6 cm³/mol. The molecule has 21 heavy (non-hydrogen) atoms. The van der Waals surface area contributed by atoms with Crippen LogP contribution < -0.4 is 9.47 Å². The van der Waals surface area contributed by atoms with Crippen LogP contribution in [0.1, 0.15) is 17.2 Å². The lowest BCUT2D eigenvalue weighted by molar-refractivity contribution is 0.168. The number of fused-ring (bicyclic) bond motifs is 1. The van der Waals surface area contributed by atoms with Gasteiger partial charge in [0.15, 0.2) is 23.1 Å². The van der Waals surface area contributed by atoms with Crippen molar-refractivity contribution in [2.45, 2.75) is 6.10 Å². The molecule has 0 saturated heterocycles. The minimum atomic E-state index is -1.09. The van der Waals surface area contributed by atoms with Gasteiger partial charge in [0.1, 0.15) is 19.3 Å². The summed E-state index contributed by atoms with van der Waals surface area (Å²) in [6.07, 6.45) is -1.09. The zero-order valence-corrected chi connectivity index (χ0v) is 12.4. The smallest absolute Gasteiger partial charge is 0.175 e. The van der Waals surface area contributed by atoms with Gasteiger partial charge in [-0.3, -0.25) is 0 Å². The summed E-state index contributed by atoms with van der Waals surface area (Å²) in [4.78, 5) is 0. The molecule has 1 aliphatic rings. The Kier molecular flexibility index (Phi) is 3.82. The molecule has 1 heterocycles. The molecule has 3 nitrogen and oxygen atoms in total. The molecule has 0 aromatic heterocycles. The fraction of sp³-hybridized carbons (Fsp3) is 0.200. The molecule has 1 unspecified atom stereocenters. The topological polar surface area (TPSA) is 38.7 Å². The summed E-state index contributed by atoms with van der Waals surface area (Å²) in [6, 6.07) is 6.60. The van der Waals surface area contributed by atoms with Crippen molar-refractivity contribution in [1.29, 1.82) is 0 Å². The molecule has 0 spiro atoms. The molecule has 2 aromatic carbocycles. The van der Waals surface area contributed by atoms with Gasteiger partial charge in [-0.25, -0.2) is 8.78 Å². The lowest BCUT2D eigenvalue weighted by atomic mass is 10.0. The van der Waals surface area contributed by atoms with Gasteiger partial charge in [0.2, 0.25) is 0 Å². The molecule has 110 valence electrons. The average molecular weight is 357 g/mol. The van der Waals surface area contributed by atoms with Crippen molar-refractivity contribution < 1.29 is 23.4 Å². The molecular weight excluding hydrogens is 346 g/mol. The van der Waals surface area contributed by atoms with E-state index in [1.165, 1.54) is 6.07 Å². The highest BCUT2D eigenvalue weighted by molar-refractivity contribution is 9.10. The third-order valence-electron chi connectivity index (χ3n) is 3.19. The van der Waals surface area contributed by atoms with Gasteiger partial charge in [0.05, 0.1) is 4.47 Å². The summed E-state index contributed by atoms with van der Waals surface area (Å²) in [5.74, 6) is -0.868. The Labute approximate surface area is 128 Å². The van der Waals surface area contributed by atoms with Crippen LogP contribution in [0.25, 0.3) is 0 Å². The van der Waals surface area contributed by atoms with Gasteiger partial charge in [-0.05, 0) is 51.3 Å². The Balaban J connectivity index is 1.99. The average Bonchev–Trinajstić information content (AvgIpc) is 2.49. The maximum atomic E-state index is 13.3. The van der Waals surface area contributed by atoms with Gasteiger partial charge in [-0.2, -0.15) is 0 Å². The minimum absolute atomic E-state index is 0.262. The van der Waals surface area contributed by atoms with Crippen molar-refractivity contribution in [1.82, 2.24) is 0 Å². The van der Waals surface area contributed by atoms with Gasteiger partial charge in [0.25, 0.3) is 0 Å². The Hall–Kier alpha value is -1.66. The number of aliphatic hydroxyl groups is 1. The van der Waals surface area contributed by atoms with Gasteiger partial charge in [0, 0.05) is 0 Å². The number of halogens is 3. The lowest BCUT2D eigenvalue weighted by Gasteiger charge is -2.22. The Morgan fingerprint density at radius 2 is 1.76 bits per heavy atom. The number of hydrogen-bond acceptors (Lipinski definition) is 3. The van der Waals surface area contributed by atoms with Gasteiger partial charge < -0.3 is 14.6 Å². The van der Waals surface area contributed by atoms with E-state index in [2.05, 4.69) is 15.9 Å². The zero-order chi connectivity index (χ0) is 15.0. The van der Waals surface area contributed by atoms with Crippen LogP contribution in [-0.4, -0.2) is 18.3 Å². The Bertz CT molecular complexity index is 691. The molecule has 6 heteroatoms. The van der Waals surface area contributed by atoms with Crippen molar-refractivity contribution in [3.8, 4) is 11.5 Å². The van der Waals surface area contributed by atoms with Crippen LogP contribution in [0.5, 0.6) is 11.5 Å². The number of aliphatic hydroxyl groups excluding tert-OH is 1. The SMILES string of the molecule is OC(c1ccc(F)c(F)c1)c1cc(Br)c2c(c1)OCCO2. The summed E-state index contributed by atoms with van der Waals surface area (Å²) in [7, 11) is 0. The third kappa shape index (κ3) is 2.73. The van der Waals surface area contributed by atoms with Crippen LogP contribution in [-0.2, 0) is 0 Å². The Morgan fingerprint density at radius 3 is 2.52 bits per heavy atom. The quantitative estimate of drug-likeness (QED) is 0.893. The first-order valence-corrected chi connectivity index (χ1v) is 7.07. The molecule has 0 saturated carbocycles. The molecular formula is C15H11BrF2O3. The van der Waals surface area contributed by atoms with Crippen LogP contribution in [0.15, 0.2) is 34.8 Å². The molecule has 1 atom stereocenters. The Morgan fingerprint density at radius 1 is 1.00 bits per heavy atom. The van der Waals surface area contributed by atoms with Gasteiger partial charge in [-0.15, -0.1) is 0 Å². The molecule has 2 aromatic rings. The molecule has 0 fully saturated rings. The van der Waals surface area contributed by atoms with Gasteiger partial charge in [-0.1, -0.05) is 6.07 Å². The van der Waals surface area contributed by atoms with Gasteiger partial charge >= 0.3 is 0 Å². The standard InChI is InChI=1S/C15H11BrF2O3/c16-10-5-9(7-13-15(10)21-4-3-20-13)14(19)8-1-2-11(17)12(18)6-8/h1-2,5-7,14,19H,3-4H2. The summed E-state index contributed by atoms with van der Waals surface area (Å²) in [6.45, 7) is 0.876. The van der Waals surface area contributed by atoms with Crippen molar-refractivity contribution in [2.24, 2.45) is 0 Å². The second-order valence-electron chi connectivity index (χ2n) is 4.60. The number of benzene rings is 2. The van der Waals surface area contributed by atoms with E-state index in [-0.39, 0.29) is 5.56 Å². The monoisotopic (exact) mass is 356 g/mol. The zero-order valence-electron chi connectivity index (χ0n) is 10.8. The molecule has 1 aliphatic heterocycles. The maximum absolute atomic E-state index is 13.3. The van der Waals surface area contributed by atoms with E-state index in [4.69, 9.17) is 9.47 Å². The number of ether oxygens (including phenoxy) is 2. The van der Waals surface area contributed by atoms with E-state index in [0.717, 1.165) is 12.1 Å². The first-order chi connectivity index (χ1) is 10.1. The van der Waals surface area contributed by atoms with Crippen molar-refractivity contribution in [3.05, 3.63) is 57.6 Å². The molecule has 0 amide bonds. The van der Waals surface area contributed by atoms with Crippen LogP contribution in [0.3, 0.4) is 0 Å². The maximum Gasteiger partial charge on any atom is 0.175 e. The van der Waals surface area contributed by atoms with E-state index in [1.807, 2.05) is 0 Å². The second kappa shape index (κ2) is 5.61. The molecule has 3 rings (SSSR count). The first-order valence-electron chi connectivity index (χ1n) is 6.28. The molecule has 0 radical (unpaired) electrons. The fourth-order valence-electron chi connectivity index (χ4n) is 2.16. The van der Waals surface area contributed by atoms with Crippen LogP contribution in [0, 0.1) is 11.6 Å².